The highest BCUT2D eigenvalue weighted by atomic mass is 35.5. The van der Waals surface area contributed by atoms with Gasteiger partial charge in [-0.2, -0.15) is 5.10 Å². The molecule has 2 rings (SSSR count). The summed E-state index contributed by atoms with van der Waals surface area (Å²) in [5.41, 5.74) is 2.25. The Morgan fingerprint density at radius 2 is 1.95 bits per heavy atom. The third kappa shape index (κ3) is 4.22. The standard InChI is InChI=1S/C16H21Cl2N3/c1-3-7-19-16(12-5-6-14(17)15(18)9-12)13-10-20-21(11-13)8-4-2/h5-6,9-11,16,19H,3-4,7-8H2,1-2H3. The van der Waals surface area contributed by atoms with Crippen molar-refractivity contribution in [2.24, 2.45) is 0 Å². The van der Waals surface area contributed by atoms with E-state index in [0.717, 1.165) is 37.1 Å². The Labute approximate surface area is 136 Å². The monoisotopic (exact) mass is 325 g/mol. The van der Waals surface area contributed by atoms with Crippen molar-refractivity contribution < 1.29 is 0 Å². The molecule has 0 aliphatic heterocycles. The predicted octanol–water partition coefficient (Wildman–Crippen LogP) is 4.69. The Balaban J connectivity index is 2.29. The molecule has 21 heavy (non-hydrogen) atoms. The van der Waals surface area contributed by atoms with E-state index in [1.165, 1.54) is 0 Å². The molecular formula is C16H21Cl2N3. The van der Waals surface area contributed by atoms with Crippen LogP contribution in [0.2, 0.25) is 10.0 Å². The average molecular weight is 326 g/mol. The van der Waals surface area contributed by atoms with E-state index >= 15 is 0 Å². The molecule has 0 bridgehead atoms. The summed E-state index contributed by atoms with van der Waals surface area (Å²) in [6.45, 7) is 6.16. The van der Waals surface area contributed by atoms with Gasteiger partial charge in [0.25, 0.3) is 0 Å². The Kier molecular flexibility index (Phi) is 6.09. The zero-order chi connectivity index (χ0) is 15.2. The summed E-state index contributed by atoms with van der Waals surface area (Å²) in [5, 5.41) is 9.13. The summed E-state index contributed by atoms with van der Waals surface area (Å²) in [7, 11) is 0. The van der Waals surface area contributed by atoms with Crippen molar-refractivity contribution in [3.63, 3.8) is 0 Å². The summed E-state index contributed by atoms with van der Waals surface area (Å²) in [5.74, 6) is 0. The maximum atomic E-state index is 6.15. The van der Waals surface area contributed by atoms with Crippen LogP contribution >= 0.6 is 23.2 Å². The summed E-state index contributed by atoms with van der Waals surface area (Å²) in [6, 6.07) is 5.87. The molecule has 1 heterocycles. The van der Waals surface area contributed by atoms with Crippen LogP contribution < -0.4 is 5.32 Å². The highest BCUT2D eigenvalue weighted by Gasteiger charge is 2.16. The van der Waals surface area contributed by atoms with Gasteiger partial charge in [-0.05, 0) is 37.1 Å². The topological polar surface area (TPSA) is 29.9 Å². The van der Waals surface area contributed by atoms with Gasteiger partial charge in [0.15, 0.2) is 0 Å². The number of benzene rings is 1. The first-order chi connectivity index (χ1) is 10.2. The first kappa shape index (κ1) is 16.3. The van der Waals surface area contributed by atoms with E-state index in [0.29, 0.717) is 10.0 Å². The van der Waals surface area contributed by atoms with Crippen molar-refractivity contribution in [3.05, 3.63) is 51.8 Å². The van der Waals surface area contributed by atoms with Crippen LogP contribution in [-0.4, -0.2) is 16.3 Å². The number of hydrogen-bond acceptors (Lipinski definition) is 2. The molecule has 0 saturated heterocycles. The minimum atomic E-state index is 0.0883. The summed E-state index contributed by atoms with van der Waals surface area (Å²) in [6.07, 6.45) is 6.16. The maximum absolute atomic E-state index is 6.15. The van der Waals surface area contributed by atoms with Crippen LogP contribution in [0.25, 0.3) is 0 Å². The molecule has 0 fully saturated rings. The highest BCUT2D eigenvalue weighted by molar-refractivity contribution is 6.42. The minimum absolute atomic E-state index is 0.0883. The SMILES string of the molecule is CCCNC(c1ccc(Cl)c(Cl)c1)c1cnn(CCC)c1. The van der Waals surface area contributed by atoms with Crippen LogP contribution in [0.3, 0.4) is 0 Å². The molecular weight excluding hydrogens is 305 g/mol. The second-order valence-corrected chi connectivity index (χ2v) is 5.91. The third-order valence-electron chi connectivity index (χ3n) is 3.31. The quantitative estimate of drug-likeness (QED) is 0.800. The van der Waals surface area contributed by atoms with E-state index in [4.69, 9.17) is 23.2 Å². The molecule has 0 amide bonds. The molecule has 5 heteroatoms. The number of halogens is 2. The van der Waals surface area contributed by atoms with Gasteiger partial charge in [0.1, 0.15) is 0 Å². The number of aryl methyl sites for hydroxylation is 1. The molecule has 1 N–H and O–H groups in total. The van der Waals surface area contributed by atoms with Gasteiger partial charge in [-0.25, -0.2) is 0 Å². The van der Waals surface area contributed by atoms with E-state index in [-0.39, 0.29) is 6.04 Å². The fourth-order valence-electron chi connectivity index (χ4n) is 2.29. The van der Waals surface area contributed by atoms with Crippen molar-refractivity contribution in [2.45, 2.75) is 39.3 Å². The van der Waals surface area contributed by atoms with Crippen LogP contribution in [0, 0.1) is 0 Å². The molecule has 1 aromatic carbocycles. The zero-order valence-electron chi connectivity index (χ0n) is 12.4. The fraction of sp³-hybridized carbons (Fsp3) is 0.438. The van der Waals surface area contributed by atoms with Gasteiger partial charge < -0.3 is 5.32 Å². The lowest BCUT2D eigenvalue weighted by atomic mass is 10.0. The van der Waals surface area contributed by atoms with Gasteiger partial charge in [-0.1, -0.05) is 43.1 Å². The maximum Gasteiger partial charge on any atom is 0.0608 e. The molecule has 1 atom stereocenters. The van der Waals surface area contributed by atoms with Crippen molar-refractivity contribution in [2.75, 3.05) is 6.54 Å². The Morgan fingerprint density at radius 1 is 1.14 bits per heavy atom. The van der Waals surface area contributed by atoms with E-state index in [1.54, 1.807) is 0 Å². The summed E-state index contributed by atoms with van der Waals surface area (Å²) in [4.78, 5) is 0. The molecule has 0 aliphatic rings. The first-order valence-electron chi connectivity index (χ1n) is 7.36. The van der Waals surface area contributed by atoms with Gasteiger partial charge in [-0.15, -0.1) is 0 Å². The van der Waals surface area contributed by atoms with Crippen LogP contribution in [0.15, 0.2) is 30.6 Å². The number of nitrogens with zero attached hydrogens (tertiary/aromatic N) is 2. The number of hydrogen-bond donors (Lipinski definition) is 1. The molecule has 3 nitrogen and oxygen atoms in total. The predicted molar refractivity (Wildman–Crippen MR) is 89.1 cm³/mol. The average Bonchev–Trinajstić information content (AvgIpc) is 2.92. The van der Waals surface area contributed by atoms with Gasteiger partial charge in [0.2, 0.25) is 0 Å². The van der Waals surface area contributed by atoms with Gasteiger partial charge in [0, 0.05) is 18.3 Å². The zero-order valence-corrected chi connectivity index (χ0v) is 14.0. The number of nitrogens with one attached hydrogen (secondary N) is 1. The Bertz CT molecular complexity index is 581. The molecule has 0 aliphatic carbocycles. The molecule has 0 spiro atoms. The lowest BCUT2D eigenvalue weighted by Gasteiger charge is -2.18. The highest BCUT2D eigenvalue weighted by Crippen LogP contribution is 2.28. The number of aromatic nitrogens is 2. The van der Waals surface area contributed by atoms with Crippen molar-refractivity contribution in [1.29, 1.82) is 0 Å². The van der Waals surface area contributed by atoms with E-state index in [1.807, 2.05) is 29.1 Å². The summed E-state index contributed by atoms with van der Waals surface area (Å²) >= 11 is 12.2. The van der Waals surface area contributed by atoms with Gasteiger partial charge in [0.05, 0.1) is 22.3 Å². The second kappa shape index (κ2) is 7.83. The lowest BCUT2D eigenvalue weighted by Crippen LogP contribution is -2.22. The van der Waals surface area contributed by atoms with E-state index < -0.39 is 0 Å². The molecule has 1 aromatic heterocycles. The van der Waals surface area contributed by atoms with Crippen LogP contribution in [0.5, 0.6) is 0 Å². The third-order valence-corrected chi connectivity index (χ3v) is 4.05. The minimum Gasteiger partial charge on any atom is -0.306 e. The van der Waals surface area contributed by atoms with Crippen molar-refractivity contribution >= 4 is 23.2 Å². The Hall–Kier alpha value is -1.03. The van der Waals surface area contributed by atoms with Gasteiger partial charge in [-0.3, -0.25) is 4.68 Å². The fourth-order valence-corrected chi connectivity index (χ4v) is 2.60. The smallest absolute Gasteiger partial charge is 0.0608 e. The van der Waals surface area contributed by atoms with Crippen molar-refractivity contribution in [1.82, 2.24) is 15.1 Å². The molecule has 114 valence electrons. The van der Waals surface area contributed by atoms with Crippen LogP contribution in [0.4, 0.5) is 0 Å². The molecule has 0 radical (unpaired) electrons. The van der Waals surface area contributed by atoms with E-state index in [9.17, 15) is 0 Å². The van der Waals surface area contributed by atoms with Crippen LogP contribution in [0.1, 0.15) is 43.9 Å². The van der Waals surface area contributed by atoms with Crippen molar-refractivity contribution in [3.8, 4) is 0 Å². The number of rotatable bonds is 7. The normalized spacial score (nSPS) is 12.6. The van der Waals surface area contributed by atoms with Crippen LogP contribution in [-0.2, 0) is 6.54 Å². The summed E-state index contributed by atoms with van der Waals surface area (Å²) < 4.78 is 1.98. The Morgan fingerprint density at radius 3 is 2.62 bits per heavy atom. The lowest BCUT2D eigenvalue weighted by molar-refractivity contribution is 0.588. The van der Waals surface area contributed by atoms with Gasteiger partial charge >= 0.3 is 0 Å². The second-order valence-electron chi connectivity index (χ2n) is 5.10. The molecule has 1 unspecified atom stereocenters. The van der Waals surface area contributed by atoms with E-state index in [2.05, 4.69) is 30.5 Å². The largest absolute Gasteiger partial charge is 0.306 e. The first-order valence-corrected chi connectivity index (χ1v) is 8.12. The molecule has 2 aromatic rings. The molecule has 0 saturated carbocycles.